The van der Waals surface area contributed by atoms with Crippen LogP contribution in [0.5, 0.6) is 0 Å². The lowest BCUT2D eigenvalue weighted by Crippen LogP contribution is -2.44. The van der Waals surface area contributed by atoms with Crippen LogP contribution in [0.2, 0.25) is 10.0 Å². The van der Waals surface area contributed by atoms with E-state index in [1.54, 1.807) is 41.5 Å². The highest BCUT2D eigenvalue weighted by Crippen LogP contribution is 2.40. The quantitative estimate of drug-likeness (QED) is 0.0721. The number of fused-ring (bicyclic) bond motifs is 2. The summed E-state index contributed by atoms with van der Waals surface area (Å²) in [6.07, 6.45) is 7.04. The van der Waals surface area contributed by atoms with Gasteiger partial charge in [-0.1, -0.05) is 69.4 Å². The number of amides is 2. The molecule has 1 fully saturated rings. The topological polar surface area (TPSA) is 149 Å². The average molecular weight is 848 g/mol. The SMILES string of the molecule is CS(=O)(=O)c1cccc(C[C@H](NC(=O)c2c(Cl)cc3c(c2Cl)CCN(C(=O)c2ccc4ccoc4c2)C3)C(=O)OCCOC(=O)CCCC[C@@H]2CCSS2)c1. The zero-order chi connectivity index (χ0) is 39.1. The summed E-state index contributed by atoms with van der Waals surface area (Å²) in [4.78, 5) is 54.7. The number of esters is 2. The fourth-order valence-electron chi connectivity index (χ4n) is 6.54. The van der Waals surface area contributed by atoms with E-state index in [0.717, 1.165) is 24.5 Å². The minimum Gasteiger partial charge on any atom is -0.464 e. The number of unbranched alkanes of at least 4 members (excludes halogenated alkanes) is 1. The molecule has 55 heavy (non-hydrogen) atoms. The van der Waals surface area contributed by atoms with Crippen LogP contribution in [0.25, 0.3) is 11.0 Å². The smallest absolute Gasteiger partial charge is 0.329 e. The van der Waals surface area contributed by atoms with E-state index in [-0.39, 0.29) is 65.0 Å². The van der Waals surface area contributed by atoms with Crippen molar-refractivity contribution in [3.05, 3.63) is 98.7 Å². The van der Waals surface area contributed by atoms with E-state index in [9.17, 15) is 27.6 Å². The second-order valence-corrected chi connectivity index (χ2v) is 19.0. The van der Waals surface area contributed by atoms with Gasteiger partial charge in [-0.2, -0.15) is 0 Å². The highest BCUT2D eigenvalue weighted by Gasteiger charge is 2.31. The molecule has 2 aliphatic rings. The maximum atomic E-state index is 13.8. The standard InChI is InChI=1S/C39H40Cl2N2O9S3/c1-55(48,49)29-7-4-5-24(19-29)20-32(39(47)52-17-16-51-34(44)8-3-2-6-28-13-18-53-54-28)42-37(45)35-31(40)21-27-23-43(14-11-30(27)36(35)41)38(46)26-10-9-25-12-15-50-33(25)22-26/h4-5,7,9-10,12,15,19,21-22,28,32H,2-3,6,8,11,13-14,16-18,20,23H2,1H3,(H,42,45)/t28-,32+/m1/s1. The average Bonchev–Trinajstić information content (AvgIpc) is 3.86. The second-order valence-electron chi connectivity index (χ2n) is 13.4. The van der Waals surface area contributed by atoms with Crippen LogP contribution in [0.3, 0.4) is 0 Å². The Morgan fingerprint density at radius 3 is 2.64 bits per heavy atom. The van der Waals surface area contributed by atoms with E-state index in [1.165, 1.54) is 24.3 Å². The number of hydrogen-bond acceptors (Lipinski definition) is 11. The normalized spacial score (nSPS) is 16.1. The largest absolute Gasteiger partial charge is 0.464 e. The molecule has 3 heterocycles. The highest BCUT2D eigenvalue weighted by atomic mass is 35.5. The Hall–Kier alpha value is -3.69. The van der Waals surface area contributed by atoms with Gasteiger partial charge in [-0.25, -0.2) is 13.2 Å². The van der Waals surface area contributed by atoms with Gasteiger partial charge in [0, 0.05) is 54.1 Å². The maximum absolute atomic E-state index is 13.8. The number of nitrogens with zero attached hydrogens (tertiary/aromatic N) is 1. The van der Waals surface area contributed by atoms with Gasteiger partial charge in [-0.15, -0.1) is 0 Å². The molecule has 2 atom stereocenters. The van der Waals surface area contributed by atoms with Crippen molar-refractivity contribution >= 4 is 89.3 Å². The molecule has 2 aliphatic heterocycles. The number of benzene rings is 3. The predicted octanol–water partition coefficient (Wildman–Crippen LogP) is 7.48. The molecule has 0 saturated carbocycles. The molecular formula is C39H40Cl2N2O9S3. The van der Waals surface area contributed by atoms with Crippen molar-refractivity contribution < 1.29 is 41.5 Å². The van der Waals surface area contributed by atoms with Crippen molar-refractivity contribution in [1.29, 1.82) is 0 Å². The van der Waals surface area contributed by atoms with E-state index in [2.05, 4.69) is 5.32 Å². The van der Waals surface area contributed by atoms with E-state index in [4.69, 9.17) is 37.1 Å². The Bertz CT molecular complexity index is 2190. The van der Waals surface area contributed by atoms with E-state index in [1.807, 2.05) is 33.7 Å². The second kappa shape index (κ2) is 18.5. The summed E-state index contributed by atoms with van der Waals surface area (Å²) in [7, 11) is 0.237. The van der Waals surface area contributed by atoms with Crippen molar-refractivity contribution in [2.45, 2.75) is 67.7 Å². The highest BCUT2D eigenvalue weighted by molar-refractivity contribution is 8.77. The van der Waals surface area contributed by atoms with Gasteiger partial charge in [0.1, 0.15) is 24.8 Å². The van der Waals surface area contributed by atoms with Crippen LogP contribution < -0.4 is 5.32 Å². The number of nitrogens with one attached hydrogen (secondary N) is 1. The third kappa shape index (κ3) is 10.6. The van der Waals surface area contributed by atoms with Crippen molar-refractivity contribution in [1.82, 2.24) is 10.2 Å². The van der Waals surface area contributed by atoms with Crippen molar-refractivity contribution in [3.63, 3.8) is 0 Å². The van der Waals surface area contributed by atoms with E-state index in [0.29, 0.717) is 52.5 Å². The van der Waals surface area contributed by atoms with Crippen molar-refractivity contribution in [2.24, 2.45) is 0 Å². The molecule has 1 saturated heterocycles. The fourth-order valence-corrected chi connectivity index (χ4v) is 11.0. The Morgan fingerprint density at radius 2 is 1.85 bits per heavy atom. The molecule has 4 aromatic rings. The number of furan rings is 1. The van der Waals surface area contributed by atoms with E-state index < -0.39 is 27.8 Å². The first-order valence-corrected chi connectivity index (χ1v) is 22.9. The maximum Gasteiger partial charge on any atom is 0.329 e. The molecule has 11 nitrogen and oxygen atoms in total. The molecule has 2 amide bonds. The fraction of sp³-hybridized carbons (Fsp3) is 0.385. The Labute approximate surface area is 337 Å². The van der Waals surface area contributed by atoms with Gasteiger partial charge in [-0.3, -0.25) is 14.4 Å². The molecule has 0 radical (unpaired) electrons. The van der Waals surface area contributed by atoms with Crippen LogP contribution in [-0.2, 0) is 48.3 Å². The number of rotatable bonds is 15. The van der Waals surface area contributed by atoms with Crippen molar-refractivity contribution in [3.8, 4) is 0 Å². The van der Waals surface area contributed by atoms with Crippen LogP contribution in [0, 0.1) is 0 Å². The third-order valence-corrected chi connectivity index (χ3v) is 14.3. The lowest BCUT2D eigenvalue weighted by Gasteiger charge is -2.30. The van der Waals surface area contributed by atoms with E-state index >= 15 is 0 Å². The molecule has 1 aromatic heterocycles. The summed E-state index contributed by atoms with van der Waals surface area (Å²) in [5, 5.41) is 4.33. The lowest BCUT2D eigenvalue weighted by atomic mass is 9.95. The van der Waals surface area contributed by atoms with Crippen LogP contribution >= 0.6 is 44.8 Å². The number of carbonyl (C=O) groups excluding carboxylic acids is 4. The van der Waals surface area contributed by atoms with Crippen LogP contribution in [0.4, 0.5) is 0 Å². The minimum atomic E-state index is -3.56. The van der Waals surface area contributed by atoms with Gasteiger partial charge in [0.05, 0.1) is 26.8 Å². The Kier molecular flexibility index (Phi) is 13.8. The number of sulfone groups is 1. The monoisotopic (exact) mass is 846 g/mol. The molecule has 1 N–H and O–H groups in total. The Balaban J connectivity index is 1.11. The molecule has 16 heteroatoms. The molecule has 0 unspecified atom stereocenters. The molecule has 0 bridgehead atoms. The molecule has 292 valence electrons. The predicted molar refractivity (Wildman–Crippen MR) is 214 cm³/mol. The summed E-state index contributed by atoms with van der Waals surface area (Å²) in [5.74, 6) is -0.980. The zero-order valence-electron chi connectivity index (χ0n) is 30.0. The third-order valence-electron chi connectivity index (χ3n) is 9.45. The molecular weight excluding hydrogens is 808 g/mol. The van der Waals surface area contributed by atoms with Crippen molar-refractivity contribution in [2.75, 3.05) is 31.8 Å². The number of carbonyl (C=O) groups is 4. The first-order chi connectivity index (χ1) is 26.4. The van der Waals surface area contributed by atoms with Gasteiger partial charge >= 0.3 is 11.9 Å². The lowest BCUT2D eigenvalue weighted by molar-refractivity contribution is -0.153. The summed E-state index contributed by atoms with van der Waals surface area (Å²) in [6, 6.07) is 13.4. The summed E-state index contributed by atoms with van der Waals surface area (Å²) in [5.41, 5.74) is 2.81. The number of halogens is 2. The van der Waals surface area contributed by atoms with Crippen LogP contribution in [0.15, 0.2) is 70.2 Å². The zero-order valence-corrected chi connectivity index (χ0v) is 34.0. The molecule has 6 rings (SSSR count). The number of ether oxygens (including phenoxy) is 2. The van der Waals surface area contributed by atoms with Gasteiger partial charge in [0.2, 0.25) is 0 Å². The van der Waals surface area contributed by atoms with Gasteiger partial charge in [0.25, 0.3) is 11.8 Å². The molecule has 3 aromatic carbocycles. The summed E-state index contributed by atoms with van der Waals surface area (Å²) < 4.78 is 40.6. The number of hydrogen-bond donors (Lipinski definition) is 1. The van der Waals surface area contributed by atoms with Crippen LogP contribution in [-0.4, -0.2) is 80.1 Å². The van der Waals surface area contributed by atoms with Gasteiger partial charge < -0.3 is 24.1 Å². The Morgan fingerprint density at radius 1 is 1.04 bits per heavy atom. The van der Waals surface area contributed by atoms with Crippen LogP contribution in [0.1, 0.15) is 69.5 Å². The first-order valence-electron chi connectivity index (χ1n) is 17.8. The van der Waals surface area contributed by atoms with Gasteiger partial charge in [-0.05, 0) is 78.8 Å². The summed E-state index contributed by atoms with van der Waals surface area (Å²) >= 11 is 13.5. The minimum absolute atomic E-state index is 0.0199. The van der Waals surface area contributed by atoms with Gasteiger partial charge in [0.15, 0.2) is 9.84 Å². The first kappa shape index (κ1) is 41.0. The summed E-state index contributed by atoms with van der Waals surface area (Å²) in [6.45, 7) is 0.130. The molecule has 0 spiro atoms. The molecule has 0 aliphatic carbocycles.